The molecule has 0 aromatic heterocycles. The van der Waals surface area contributed by atoms with Crippen LogP contribution in [0.15, 0.2) is 9.93 Å². The number of nitrogens with one attached hydrogen (secondary N) is 2. The van der Waals surface area contributed by atoms with E-state index in [4.69, 9.17) is 0 Å². The number of hydrogen-bond acceptors (Lipinski definition) is 4. The minimum absolute atomic E-state index is 0. The van der Waals surface area contributed by atoms with E-state index in [0.717, 1.165) is 0 Å². The fourth-order valence-electron chi connectivity index (χ4n) is 0.511. The molecule has 1 amide bonds. The van der Waals surface area contributed by atoms with Crippen LogP contribution in [0.5, 0.6) is 0 Å². The molecular formula is C4H2N2Na2OS3. The molecule has 1 fully saturated rings. The average Bonchev–Trinajstić information content (AvgIpc) is 2.10. The summed E-state index contributed by atoms with van der Waals surface area (Å²) in [6.07, 6.45) is 0. The Hall–Kier alpha value is 1.54. The number of thiocarbonyl (C=S) groups is 1. The molecule has 2 N–H and O–H groups in total. The van der Waals surface area contributed by atoms with Gasteiger partial charge in [-0.3, -0.25) is 10.1 Å². The van der Waals surface area contributed by atoms with E-state index in [9.17, 15) is 4.79 Å². The van der Waals surface area contributed by atoms with Gasteiger partial charge in [-0.25, -0.2) is 0 Å². The van der Waals surface area contributed by atoms with Gasteiger partial charge in [0.2, 0.25) is 0 Å². The molecule has 3 nitrogen and oxygen atoms in total. The van der Waals surface area contributed by atoms with E-state index in [-0.39, 0.29) is 80.1 Å². The summed E-state index contributed by atoms with van der Waals surface area (Å²) in [4.78, 5) is 10.8. The Balaban J connectivity index is 0. The maximum absolute atomic E-state index is 10.8. The van der Waals surface area contributed by atoms with E-state index in [1.54, 1.807) is 0 Å². The van der Waals surface area contributed by atoms with Crippen LogP contribution >= 0.6 is 12.2 Å². The monoisotopic (exact) mass is 236 g/mol. The molecule has 0 aromatic carbocycles. The van der Waals surface area contributed by atoms with Crippen LogP contribution in [-0.4, -0.2) is 11.0 Å². The van der Waals surface area contributed by atoms with Crippen LogP contribution in [0.3, 0.4) is 0 Å². The quantitative estimate of drug-likeness (QED) is 0.189. The molecule has 0 atom stereocenters. The molecule has 0 unspecified atom stereocenters. The zero-order chi connectivity index (χ0) is 7.72. The smallest absolute Gasteiger partial charge is 0.805 e. The van der Waals surface area contributed by atoms with Crippen LogP contribution < -0.4 is 69.7 Å². The summed E-state index contributed by atoms with van der Waals surface area (Å²) in [5.41, 5.74) is 0.204. The molecule has 0 aromatic rings. The zero-order valence-electron chi connectivity index (χ0n) is 6.63. The Labute approximate surface area is 131 Å². The van der Waals surface area contributed by atoms with Crippen molar-refractivity contribution in [1.29, 1.82) is 0 Å². The largest absolute Gasteiger partial charge is 1.00 e. The standard InChI is InChI=1S/C4H4N2OS3.2Na/c7-2-1(3(8)9)5-4(10)6-2;;/h8-9H,(H2,5,6,7,10);;/q;2*+1/p-2. The van der Waals surface area contributed by atoms with Crippen molar-refractivity contribution in [2.45, 2.75) is 0 Å². The van der Waals surface area contributed by atoms with E-state index in [1.807, 2.05) is 0 Å². The number of hydrogen-bond donors (Lipinski definition) is 2. The first kappa shape index (κ1) is 16.0. The van der Waals surface area contributed by atoms with Gasteiger partial charge in [0.25, 0.3) is 5.91 Å². The van der Waals surface area contributed by atoms with Crippen LogP contribution in [0.25, 0.3) is 0 Å². The fourth-order valence-corrected chi connectivity index (χ4v) is 0.993. The van der Waals surface area contributed by atoms with Crippen molar-refractivity contribution in [3.05, 3.63) is 9.93 Å². The Bertz CT molecular complexity index is 238. The van der Waals surface area contributed by atoms with Crippen molar-refractivity contribution < 1.29 is 63.9 Å². The molecule has 0 spiro atoms. The maximum atomic E-state index is 10.8. The van der Waals surface area contributed by atoms with Crippen molar-refractivity contribution >= 4 is 48.5 Å². The van der Waals surface area contributed by atoms with Crippen molar-refractivity contribution in [3.8, 4) is 0 Å². The van der Waals surface area contributed by atoms with Gasteiger partial charge in [-0.2, -0.15) is 0 Å². The first-order chi connectivity index (χ1) is 4.61. The van der Waals surface area contributed by atoms with E-state index in [0.29, 0.717) is 0 Å². The molecular weight excluding hydrogens is 234 g/mol. The molecule has 12 heavy (non-hydrogen) atoms. The molecule has 0 bridgehead atoms. The predicted octanol–water partition coefficient (Wildman–Crippen LogP) is -6.74. The molecule has 1 aliphatic heterocycles. The van der Waals surface area contributed by atoms with Gasteiger partial charge < -0.3 is 34.8 Å². The van der Waals surface area contributed by atoms with Crippen LogP contribution in [0, 0.1) is 0 Å². The van der Waals surface area contributed by atoms with E-state index in [1.165, 1.54) is 0 Å². The maximum Gasteiger partial charge on any atom is 1.00 e. The summed E-state index contributed by atoms with van der Waals surface area (Å²) >= 11 is 13.8. The normalized spacial score (nSPS) is 13.8. The first-order valence-electron chi connectivity index (χ1n) is 2.32. The van der Waals surface area contributed by atoms with Gasteiger partial charge >= 0.3 is 59.1 Å². The molecule has 1 rings (SSSR count). The van der Waals surface area contributed by atoms with Gasteiger partial charge in [-0.05, 0) is 12.2 Å². The molecule has 0 aliphatic carbocycles. The van der Waals surface area contributed by atoms with Gasteiger partial charge in [-0.1, -0.05) is 0 Å². The summed E-state index contributed by atoms with van der Waals surface area (Å²) in [6.45, 7) is 0. The summed E-state index contributed by atoms with van der Waals surface area (Å²) in [5.74, 6) is -0.343. The summed E-state index contributed by atoms with van der Waals surface area (Å²) in [6, 6.07) is 0. The van der Waals surface area contributed by atoms with Gasteiger partial charge in [0.05, 0.1) is 5.70 Å². The third-order valence-corrected chi connectivity index (χ3v) is 1.51. The average molecular weight is 236 g/mol. The molecule has 54 valence electrons. The molecule has 1 saturated heterocycles. The van der Waals surface area contributed by atoms with Gasteiger partial charge in [0.1, 0.15) is 0 Å². The van der Waals surface area contributed by atoms with E-state index in [2.05, 4.69) is 48.1 Å². The number of carbonyl (C=O) groups is 1. The van der Waals surface area contributed by atoms with E-state index >= 15 is 0 Å². The summed E-state index contributed by atoms with van der Waals surface area (Å²) in [7, 11) is 0. The Morgan fingerprint density at radius 2 is 1.75 bits per heavy atom. The van der Waals surface area contributed by atoms with Gasteiger partial charge in [-0.15, -0.1) is 0 Å². The molecule has 0 saturated carbocycles. The number of carbonyl (C=O) groups excluding carboxylic acids is 1. The van der Waals surface area contributed by atoms with Crippen molar-refractivity contribution in [2.24, 2.45) is 0 Å². The van der Waals surface area contributed by atoms with Crippen LogP contribution in [0.2, 0.25) is 0 Å². The summed E-state index contributed by atoms with van der Waals surface area (Å²) < 4.78 is 0.109. The second kappa shape index (κ2) is 6.92. The Morgan fingerprint density at radius 3 is 1.92 bits per heavy atom. The van der Waals surface area contributed by atoms with Crippen molar-refractivity contribution in [2.75, 3.05) is 0 Å². The SMILES string of the molecule is O=C1NC(=S)NC1=C([S-])[S-].[Na+].[Na+]. The van der Waals surface area contributed by atoms with Crippen LogP contribution in [-0.2, 0) is 30.1 Å². The molecule has 1 heterocycles. The fraction of sp³-hybridized carbons (Fsp3) is 0. The third-order valence-electron chi connectivity index (χ3n) is 0.897. The van der Waals surface area contributed by atoms with Gasteiger partial charge in [0, 0.05) is 0 Å². The Kier molecular flexibility index (Phi) is 9.21. The molecule has 1 aliphatic rings. The number of rotatable bonds is 0. The molecule has 0 radical (unpaired) electrons. The van der Waals surface area contributed by atoms with Crippen LogP contribution in [0.1, 0.15) is 0 Å². The van der Waals surface area contributed by atoms with Gasteiger partial charge in [0.15, 0.2) is 5.11 Å². The van der Waals surface area contributed by atoms with Crippen LogP contribution in [0.4, 0.5) is 0 Å². The first-order valence-corrected chi connectivity index (χ1v) is 3.54. The topological polar surface area (TPSA) is 41.1 Å². The van der Waals surface area contributed by atoms with Crippen molar-refractivity contribution in [1.82, 2.24) is 10.6 Å². The van der Waals surface area contributed by atoms with Crippen molar-refractivity contribution in [3.63, 3.8) is 0 Å². The minimum atomic E-state index is -0.343. The predicted molar refractivity (Wildman–Crippen MR) is 45.6 cm³/mol. The minimum Gasteiger partial charge on any atom is -0.805 e. The molecule has 8 heteroatoms. The second-order valence-corrected chi connectivity index (χ2v) is 3.05. The summed E-state index contributed by atoms with van der Waals surface area (Å²) in [5, 5.41) is 5.14. The van der Waals surface area contributed by atoms with E-state index < -0.39 is 0 Å². The third kappa shape index (κ3) is 4.17. The number of amides is 1. The second-order valence-electron chi connectivity index (χ2n) is 1.57. The zero-order valence-corrected chi connectivity index (χ0v) is 13.1. The Morgan fingerprint density at radius 1 is 1.25 bits per heavy atom.